The largest absolute Gasteiger partial charge is 0.390 e. The van der Waals surface area contributed by atoms with Gasteiger partial charge in [-0.3, -0.25) is 0 Å². The normalized spacial score (nSPS) is 44.4. The van der Waals surface area contributed by atoms with Crippen LogP contribution in [-0.4, -0.2) is 39.9 Å². The molecule has 14 heavy (non-hydrogen) atoms. The van der Waals surface area contributed by atoms with Gasteiger partial charge in [0.05, 0.1) is 12.2 Å². The first-order valence-corrected chi connectivity index (χ1v) is 5.18. The van der Waals surface area contributed by atoms with Gasteiger partial charge in [0.2, 0.25) is 0 Å². The van der Waals surface area contributed by atoms with Crippen molar-refractivity contribution in [3.05, 3.63) is 0 Å². The Kier molecular flexibility index (Phi) is 3.89. The molecule has 1 aliphatic heterocycles. The van der Waals surface area contributed by atoms with Crippen molar-refractivity contribution < 1.29 is 20.1 Å². The van der Waals surface area contributed by atoms with E-state index in [-0.39, 0.29) is 17.9 Å². The van der Waals surface area contributed by atoms with Crippen LogP contribution in [0.3, 0.4) is 0 Å². The van der Waals surface area contributed by atoms with Gasteiger partial charge in [-0.05, 0) is 12.3 Å². The maximum atomic E-state index is 9.89. The van der Waals surface area contributed by atoms with E-state index in [0.29, 0.717) is 6.42 Å². The molecule has 0 radical (unpaired) electrons. The third-order valence-electron chi connectivity index (χ3n) is 2.95. The zero-order valence-corrected chi connectivity index (χ0v) is 8.92. The molecule has 0 aromatic carbocycles. The van der Waals surface area contributed by atoms with Crippen LogP contribution in [0.5, 0.6) is 0 Å². The van der Waals surface area contributed by atoms with Gasteiger partial charge >= 0.3 is 0 Å². The van der Waals surface area contributed by atoms with E-state index in [9.17, 15) is 15.3 Å². The van der Waals surface area contributed by atoms with Crippen LogP contribution in [0, 0.1) is 11.8 Å². The zero-order chi connectivity index (χ0) is 10.9. The first-order chi connectivity index (χ1) is 6.49. The monoisotopic (exact) mass is 204 g/mol. The lowest BCUT2D eigenvalue weighted by molar-refractivity contribution is -0.274. The van der Waals surface area contributed by atoms with Crippen LogP contribution in [0.2, 0.25) is 0 Å². The number of ether oxygens (including phenoxy) is 1. The van der Waals surface area contributed by atoms with Crippen molar-refractivity contribution in [1.29, 1.82) is 0 Å². The van der Waals surface area contributed by atoms with Crippen LogP contribution in [0.1, 0.15) is 27.2 Å². The molecule has 0 bridgehead atoms. The van der Waals surface area contributed by atoms with E-state index in [1.54, 1.807) is 0 Å². The maximum absolute atomic E-state index is 9.89. The molecule has 5 atom stereocenters. The summed E-state index contributed by atoms with van der Waals surface area (Å²) in [6.07, 6.45) is -2.60. The van der Waals surface area contributed by atoms with Crippen LogP contribution in [-0.2, 0) is 4.74 Å². The predicted octanol–water partition coefficient (Wildman–Crippen LogP) is 0.108. The molecule has 3 N–H and O–H groups in total. The van der Waals surface area contributed by atoms with Crippen molar-refractivity contribution in [2.75, 3.05) is 0 Å². The molecule has 1 heterocycles. The van der Waals surface area contributed by atoms with E-state index in [2.05, 4.69) is 0 Å². The molecular formula is C10H20O4. The average molecular weight is 204 g/mol. The van der Waals surface area contributed by atoms with Crippen LogP contribution in [0.15, 0.2) is 0 Å². The Balaban J connectivity index is 2.78. The van der Waals surface area contributed by atoms with Gasteiger partial charge in [0.25, 0.3) is 0 Å². The zero-order valence-electron chi connectivity index (χ0n) is 8.92. The Labute approximate surface area is 84.5 Å². The molecule has 0 spiro atoms. The van der Waals surface area contributed by atoms with Crippen LogP contribution in [0.4, 0.5) is 0 Å². The Morgan fingerprint density at radius 1 is 1.14 bits per heavy atom. The number of aliphatic hydroxyl groups excluding tert-OH is 3. The Bertz CT molecular complexity index is 183. The van der Waals surface area contributed by atoms with E-state index in [4.69, 9.17) is 4.74 Å². The summed E-state index contributed by atoms with van der Waals surface area (Å²) in [5.74, 6) is -0.198. The molecule has 1 aliphatic rings. The summed E-state index contributed by atoms with van der Waals surface area (Å²) in [5.41, 5.74) is 0. The van der Waals surface area contributed by atoms with E-state index >= 15 is 0 Å². The number of hydrogen-bond acceptors (Lipinski definition) is 4. The van der Waals surface area contributed by atoms with Gasteiger partial charge in [0, 0.05) is 5.92 Å². The summed E-state index contributed by atoms with van der Waals surface area (Å²) in [6, 6.07) is 0. The molecule has 0 amide bonds. The molecule has 1 saturated heterocycles. The van der Waals surface area contributed by atoms with Gasteiger partial charge < -0.3 is 20.1 Å². The maximum Gasteiger partial charge on any atom is 0.181 e. The fourth-order valence-electron chi connectivity index (χ4n) is 2.11. The summed E-state index contributed by atoms with van der Waals surface area (Å²) >= 11 is 0. The van der Waals surface area contributed by atoms with Crippen molar-refractivity contribution in [2.24, 2.45) is 11.8 Å². The quantitative estimate of drug-likeness (QED) is 0.597. The molecule has 0 saturated carbocycles. The van der Waals surface area contributed by atoms with Gasteiger partial charge in [-0.1, -0.05) is 20.8 Å². The third kappa shape index (κ3) is 2.08. The molecule has 1 fully saturated rings. The summed E-state index contributed by atoms with van der Waals surface area (Å²) in [5, 5.41) is 29.0. The highest BCUT2D eigenvalue weighted by Gasteiger charge is 2.44. The number of rotatable bonds is 2. The molecular weight excluding hydrogens is 184 g/mol. The first-order valence-electron chi connectivity index (χ1n) is 5.18. The van der Waals surface area contributed by atoms with E-state index in [1.807, 2.05) is 20.8 Å². The molecule has 5 unspecified atom stereocenters. The van der Waals surface area contributed by atoms with Crippen LogP contribution >= 0.6 is 0 Å². The second-order valence-electron chi connectivity index (χ2n) is 4.28. The molecule has 0 aliphatic carbocycles. The van der Waals surface area contributed by atoms with Crippen LogP contribution in [0.25, 0.3) is 0 Å². The van der Waals surface area contributed by atoms with Crippen molar-refractivity contribution in [3.63, 3.8) is 0 Å². The third-order valence-corrected chi connectivity index (χ3v) is 2.95. The second-order valence-corrected chi connectivity index (χ2v) is 4.28. The summed E-state index contributed by atoms with van der Waals surface area (Å²) in [4.78, 5) is 0. The minimum atomic E-state index is -1.17. The van der Waals surface area contributed by atoms with Gasteiger partial charge in [0.15, 0.2) is 6.29 Å². The lowest BCUT2D eigenvalue weighted by Gasteiger charge is -2.42. The SMILES string of the molecule is CCC1OC(O)C(O)C(C(C)C)C1O. The van der Waals surface area contributed by atoms with Crippen molar-refractivity contribution in [2.45, 2.75) is 51.8 Å². The van der Waals surface area contributed by atoms with E-state index in [0.717, 1.165) is 0 Å². The van der Waals surface area contributed by atoms with Crippen molar-refractivity contribution in [1.82, 2.24) is 0 Å². The molecule has 84 valence electrons. The predicted molar refractivity (Wildman–Crippen MR) is 51.5 cm³/mol. The first kappa shape index (κ1) is 11.9. The van der Waals surface area contributed by atoms with Crippen molar-refractivity contribution >= 4 is 0 Å². The molecule has 1 rings (SSSR count). The molecule has 0 aromatic rings. The summed E-state index contributed by atoms with van der Waals surface area (Å²) in [7, 11) is 0. The molecule has 0 aromatic heterocycles. The summed E-state index contributed by atoms with van der Waals surface area (Å²) < 4.78 is 5.10. The highest BCUT2D eigenvalue weighted by atomic mass is 16.6. The fraction of sp³-hybridized carbons (Fsp3) is 1.00. The minimum absolute atomic E-state index is 0.118. The van der Waals surface area contributed by atoms with Gasteiger partial charge in [-0.15, -0.1) is 0 Å². The molecule has 4 nitrogen and oxygen atoms in total. The van der Waals surface area contributed by atoms with Crippen LogP contribution < -0.4 is 0 Å². The highest BCUT2D eigenvalue weighted by Crippen LogP contribution is 2.31. The molecule has 4 heteroatoms. The highest BCUT2D eigenvalue weighted by molar-refractivity contribution is 4.89. The Hall–Kier alpha value is -0.160. The number of aliphatic hydroxyl groups is 3. The summed E-state index contributed by atoms with van der Waals surface area (Å²) in [6.45, 7) is 5.72. The Morgan fingerprint density at radius 3 is 2.14 bits per heavy atom. The lowest BCUT2D eigenvalue weighted by atomic mass is 9.80. The second kappa shape index (κ2) is 4.57. The standard InChI is InChI=1S/C10H20O4/c1-4-6-8(11)7(5(2)3)9(12)10(13)14-6/h5-13H,4H2,1-3H3. The van der Waals surface area contributed by atoms with E-state index in [1.165, 1.54) is 0 Å². The van der Waals surface area contributed by atoms with E-state index < -0.39 is 18.5 Å². The number of hydrogen-bond donors (Lipinski definition) is 3. The fourth-order valence-corrected chi connectivity index (χ4v) is 2.11. The van der Waals surface area contributed by atoms with Gasteiger partial charge in [-0.25, -0.2) is 0 Å². The van der Waals surface area contributed by atoms with Crippen molar-refractivity contribution in [3.8, 4) is 0 Å². The lowest BCUT2D eigenvalue weighted by Crippen LogP contribution is -2.55. The smallest absolute Gasteiger partial charge is 0.181 e. The average Bonchev–Trinajstić information content (AvgIpc) is 2.11. The van der Waals surface area contributed by atoms with Gasteiger partial charge in [0.1, 0.15) is 6.10 Å². The minimum Gasteiger partial charge on any atom is -0.390 e. The Morgan fingerprint density at radius 2 is 1.71 bits per heavy atom. The topological polar surface area (TPSA) is 69.9 Å². The van der Waals surface area contributed by atoms with Gasteiger partial charge in [-0.2, -0.15) is 0 Å².